The first kappa shape index (κ1) is 8.18. The van der Waals surface area contributed by atoms with Crippen LogP contribution in [0.5, 0.6) is 0 Å². The van der Waals surface area contributed by atoms with Crippen LogP contribution < -0.4 is 0 Å². The Labute approximate surface area is 54.5 Å². The third-order valence-corrected chi connectivity index (χ3v) is 3.34. The summed E-state index contributed by atoms with van der Waals surface area (Å²) in [5, 5.41) is 8.99. The van der Waals surface area contributed by atoms with Crippen molar-refractivity contribution in [2.75, 3.05) is 0 Å². The second-order valence-electron chi connectivity index (χ2n) is 3.81. The Morgan fingerprint density at radius 3 is 1.25 bits per heavy atom. The third-order valence-electron chi connectivity index (χ3n) is 1.84. The van der Waals surface area contributed by atoms with Gasteiger partial charge in [-0.2, -0.15) is 0 Å². The Hall–Kier alpha value is 0.177. The van der Waals surface area contributed by atoms with Crippen LogP contribution in [0.4, 0.5) is 0 Å². The van der Waals surface area contributed by atoms with E-state index in [1.54, 1.807) is 0 Å². The zero-order chi connectivity index (χ0) is 7.00. The molecule has 0 aliphatic rings. The quantitative estimate of drug-likeness (QED) is 0.464. The zero-order valence-electron chi connectivity index (χ0n) is 6.45. The molecule has 0 bridgehead atoms. The summed E-state index contributed by atoms with van der Waals surface area (Å²) < 4.78 is 0. The molecular weight excluding hydrogens is 116 g/mol. The van der Waals surface area contributed by atoms with Gasteiger partial charge in [0.15, 0.2) is 0 Å². The lowest BCUT2D eigenvalue weighted by atomic mass is 9.89. The normalized spacial score (nSPS) is 20.6. The molecule has 0 radical (unpaired) electrons. The average molecular weight is 132 g/mol. The van der Waals surface area contributed by atoms with Crippen molar-refractivity contribution < 1.29 is 5.11 Å². The molecule has 0 heterocycles. The van der Waals surface area contributed by atoms with E-state index >= 15 is 0 Å². The molecule has 1 nitrogen and oxygen atoms in total. The number of rotatable bonds is 0. The molecule has 50 valence electrons. The number of hydrogen-bond acceptors (Lipinski definition) is 1. The van der Waals surface area contributed by atoms with Crippen molar-refractivity contribution in [1.82, 2.24) is 0 Å². The van der Waals surface area contributed by atoms with Gasteiger partial charge < -0.3 is 5.11 Å². The largest absolute Gasteiger partial charge is 0.394 e. The molecule has 0 aliphatic carbocycles. The standard InChI is InChI=1S/C6H16OSi/c1-5(2,3)6(4,7)8/h7H,1-4,8H3. The van der Waals surface area contributed by atoms with E-state index < -0.39 is 5.22 Å². The highest BCUT2D eigenvalue weighted by molar-refractivity contribution is 6.14. The fourth-order valence-corrected chi connectivity index (χ4v) is 0. The fourth-order valence-electron chi connectivity index (χ4n) is 0. The van der Waals surface area contributed by atoms with Crippen molar-refractivity contribution in [3.8, 4) is 0 Å². The smallest absolute Gasteiger partial charge is 0.0471 e. The maximum atomic E-state index is 9.42. The van der Waals surface area contributed by atoms with Crippen LogP contribution >= 0.6 is 0 Å². The summed E-state index contributed by atoms with van der Waals surface area (Å²) in [6.07, 6.45) is 0. The summed E-state index contributed by atoms with van der Waals surface area (Å²) in [6.45, 7) is 8.05. The highest BCUT2D eigenvalue weighted by Crippen LogP contribution is 2.25. The van der Waals surface area contributed by atoms with Crippen LogP contribution in [0, 0.1) is 5.41 Å². The Balaban J connectivity index is 4.02. The minimum Gasteiger partial charge on any atom is -0.394 e. The molecule has 0 aromatic rings. The summed E-state index contributed by atoms with van der Waals surface area (Å²) in [5.41, 5.74) is 0.0548. The highest BCUT2D eigenvalue weighted by Gasteiger charge is 2.29. The average Bonchev–Trinajstić information content (AvgIpc) is 1.25. The molecule has 0 aliphatic heterocycles. The van der Waals surface area contributed by atoms with Gasteiger partial charge in [0.25, 0.3) is 0 Å². The SMILES string of the molecule is CC(C)(C)C(C)(O)[SiH3]. The van der Waals surface area contributed by atoms with Crippen LogP contribution in [0.15, 0.2) is 0 Å². The lowest BCUT2D eigenvalue weighted by Crippen LogP contribution is -2.39. The molecule has 2 heteroatoms. The molecule has 0 aromatic carbocycles. The second-order valence-corrected chi connectivity index (χ2v) is 5.76. The molecule has 1 unspecified atom stereocenters. The predicted molar refractivity (Wildman–Crippen MR) is 40.0 cm³/mol. The summed E-state index contributed by atoms with van der Waals surface area (Å²) in [5.74, 6) is 0. The van der Waals surface area contributed by atoms with E-state index in [-0.39, 0.29) is 5.41 Å². The van der Waals surface area contributed by atoms with Crippen molar-refractivity contribution in [1.29, 1.82) is 0 Å². The molecule has 0 amide bonds. The van der Waals surface area contributed by atoms with Crippen molar-refractivity contribution in [3.63, 3.8) is 0 Å². The van der Waals surface area contributed by atoms with Gasteiger partial charge in [0.2, 0.25) is 0 Å². The zero-order valence-corrected chi connectivity index (χ0v) is 8.45. The molecule has 8 heavy (non-hydrogen) atoms. The third kappa shape index (κ3) is 1.97. The molecule has 0 saturated heterocycles. The van der Waals surface area contributed by atoms with E-state index in [9.17, 15) is 5.11 Å². The summed E-state index contributed by atoms with van der Waals surface area (Å²) in [6, 6.07) is 0. The monoisotopic (exact) mass is 132 g/mol. The molecular formula is C6H16OSi. The summed E-state index contributed by atoms with van der Waals surface area (Å²) in [4.78, 5) is 0. The van der Waals surface area contributed by atoms with Crippen molar-refractivity contribution in [2.24, 2.45) is 5.41 Å². The summed E-state index contributed by atoms with van der Waals surface area (Å²) >= 11 is 0. The lowest BCUT2D eigenvalue weighted by molar-refractivity contribution is 0.0366. The number of aliphatic hydroxyl groups is 1. The molecule has 0 aromatic heterocycles. The van der Waals surface area contributed by atoms with Crippen molar-refractivity contribution >= 4 is 10.2 Å². The second kappa shape index (κ2) is 1.85. The maximum Gasteiger partial charge on any atom is 0.0471 e. The Morgan fingerprint density at radius 1 is 1.12 bits per heavy atom. The van der Waals surface area contributed by atoms with Gasteiger partial charge in [0, 0.05) is 15.5 Å². The Kier molecular flexibility index (Phi) is 1.89. The van der Waals surface area contributed by atoms with Gasteiger partial charge in [-0.25, -0.2) is 0 Å². The molecule has 1 N–H and O–H groups in total. The molecule has 1 atom stereocenters. The molecule has 0 rings (SSSR count). The van der Waals surface area contributed by atoms with Crippen molar-refractivity contribution in [3.05, 3.63) is 0 Å². The van der Waals surface area contributed by atoms with E-state index in [1.165, 1.54) is 0 Å². The van der Waals surface area contributed by atoms with Crippen molar-refractivity contribution in [2.45, 2.75) is 32.9 Å². The van der Waals surface area contributed by atoms with Crippen LogP contribution in [0.25, 0.3) is 0 Å². The van der Waals surface area contributed by atoms with Gasteiger partial charge in [-0.05, 0) is 12.3 Å². The van der Waals surface area contributed by atoms with Crippen LogP contribution in [0.2, 0.25) is 0 Å². The van der Waals surface area contributed by atoms with Gasteiger partial charge >= 0.3 is 0 Å². The highest BCUT2D eigenvalue weighted by atomic mass is 28.1. The van der Waals surface area contributed by atoms with E-state index in [0.29, 0.717) is 0 Å². The van der Waals surface area contributed by atoms with Crippen LogP contribution in [0.3, 0.4) is 0 Å². The lowest BCUT2D eigenvalue weighted by Gasteiger charge is -2.33. The van der Waals surface area contributed by atoms with Gasteiger partial charge in [-0.1, -0.05) is 20.8 Å². The van der Waals surface area contributed by atoms with E-state index in [0.717, 1.165) is 10.2 Å². The predicted octanol–water partition coefficient (Wildman–Crippen LogP) is 0.106. The first-order chi connectivity index (χ1) is 3.25. The topological polar surface area (TPSA) is 20.2 Å². The minimum absolute atomic E-state index is 0.0548. The summed E-state index contributed by atoms with van der Waals surface area (Å²) in [7, 11) is 0.843. The van der Waals surface area contributed by atoms with E-state index in [1.807, 2.05) is 6.92 Å². The first-order valence-electron chi connectivity index (χ1n) is 2.97. The fraction of sp³-hybridized carbons (Fsp3) is 1.00. The van der Waals surface area contributed by atoms with E-state index in [2.05, 4.69) is 20.8 Å². The first-order valence-corrected chi connectivity index (χ1v) is 3.97. The molecule has 0 fully saturated rings. The number of hydrogen-bond donors (Lipinski definition) is 1. The Bertz CT molecular complexity index is 63.5. The molecule has 0 saturated carbocycles. The van der Waals surface area contributed by atoms with Gasteiger partial charge in [0.1, 0.15) is 0 Å². The van der Waals surface area contributed by atoms with Crippen LogP contribution in [0.1, 0.15) is 27.7 Å². The van der Waals surface area contributed by atoms with Gasteiger partial charge in [-0.3, -0.25) is 0 Å². The van der Waals surface area contributed by atoms with E-state index in [4.69, 9.17) is 0 Å². The minimum atomic E-state index is -0.424. The van der Waals surface area contributed by atoms with Crippen LogP contribution in [-0.4, -0.2) is 20.6 Å². The maximum absolute atomic E-state index is 9.42. The molecule has 0 spiro atoms. The van der Waals surface area contributed by atoms with Gasteiger partial charge in [-0.15, -0.1) is 0 Å². The van der Waals surface area contributed by atoms with Gasteiger partial charge in [0.05, 0.1) is 0 Å². The van der Waals surface area contributed by atoms with Crippen LogP contribution in [-0.2, 0) is 0 Å². The Morgan fingerprint density at radius 2 is 1.25 bits per heavy atom.